The molecule has 1 aliphatic rings. The van der Waals surface area contributed by atoms with Crippen LogP contribution in [0.4, 0.5) is 5.69 Å². The molecule has 1 amide bonds. The summed E-state index contributed by atoms with van der Waals surface area (Å²) in [6.07, 6.45) is 3.56. The van der Waals surface area contributed by atoms with Crippen molar-refractivity contribution in [1.29, 1.82) is 0 Å². The maximum absolute atomic E-state index is 13.7. The normalized spacial score (nSPS) is 15.6. The summed E-state index contributed by atoms with van der Waals surface area (Å²) in [5.41, 5.74) is 5.00. The van der Waals surface area contributed by atoms with Crippen LogP contribution in [0.3, 0.4) is 0 Å². The molecule has 0 fully saturated rings. The number of carbonyl (C=O) groups is 1. The maximum Gasteiger partial charge on any atom is 0.271 e. The molecule has 1 aliphatic heterocycles. The monoisotopic (exact) mass is 517 g/mol. The average Bonchev–Trinajstić information content (AvgIpc) is 3.33. The Bertz CT molecular complexity index is 1710. The molecule has 36 heavy (non-hydrogen) atoms. The highest BCUT2D eigenvalue weighted by Crippen LogP contribution is 2.31. The second kappa shape index (κ2) is 9.37. The number of allylic oxidation sites excluding steroid dienone is 1. The third-order valence-electron chi connectivity index (χ3n) is 6.41. The molecule has 2 aromatic carbocycles. The van der Waals surface area contributed by atoms with E-state index in [0.717, 1.165) is 22.4 Å². The quantitative estimate of drug-likeness (QED) is 0.446. The molecule has 1 atom stereocenters. The molecule has 0 aliphatic carbocycles. The van der Waals surface area contributed by atoms with E-state index in [2.05, 4.69) is 15.4 Å². The molecule has 7 nitrogen and oxygen atoms in total. The lowest BCUT2D eigenvalue weighted by molar-refractivity contribution is -0.113. The van der Waals surface area contributed by atoms with E-state index < -0.39 is 6.04 Å². The van der Waals surface area contributed by atoms with Gasteiger partial charge in [-0.3, -0.25) is 18.8 Å². The fourth-order valence-electron chi connectivity index (χ4n) is 4.27. The third-order valence-corrected chi connectivity index (χ3v) is 7.64. The molecule has 0 saturated heterocycles. The number of fused-ring (bicyclic) bond motifs is 1. The third kappa shape index (κ3) is 4.23. The van der Waals surface area contributed by atoms with Crippen molar-refractivity contribution in [2.24, 2.45) is 12.0 Å². The van der Waals surface area contributed by atoms with Crippen molar-refractivity contribution >= 4 is 40.6 Å². The molecule has 5 rings (SSSR count). The number of benzene rings is 2. The van der Waals surface area contributed by atoms with E-state index in [-0.39, 0.29) is 11.5 Å². The van der Waals surface area contributed by atoms with Gasteiger partial charge in [0.05, 0.1) is 28.0 Å². The molecule has 1 N–H and O–H groups in total. The number of hydrogen-bond donors (Lipinski definition) is 1. The van der Waals surface area contributed by atoms with Crippen LogP contribution in [0.25, 0.3) is 6.08 Å². The first-order chi connectivity index (χ1) is 17.2. The van der Waals surface area contributed by atoms with Crippen LogP contribution < -0.4 is 20.2 Å². The van der Waals surface area contributed by atoms with Gasteiger partial charge < -0.3 is 5.32 Å². The van der Waals surface area contributed by atoms with Crippen LogP contribution in [0.15, 0.2) is 75.8 Å². The standard InChI is InChI=1S/C27H24ClN5O2S/c1-15-7-5-6-8-21(15)31-25(34)23-16(2)30-27-33(24(23)18-9-11-20(28)12-10-18)26(35)22(36-27)13-19-14-29-32(4)17(19)3/h5-14,24H,1-4H3,(H,31,34)/t24-/m1/s1. The summed E-state index contributed by atoms with van der Waals surface area (Å²) in [7, 11) is 1.86. The summed E-state index contributed by atoms with van der Waals surface area (Å²) in [6.45, 7) is 5.69. The van der Waals surface area contributed by atoms with Crippen molar-refractivity contribution in [3.63, 3.8) is 0 Å². The summed E-state index contributed by atoms with van der Waals surface area (Å²) in [5, 5.41) is 7.86. The average molecular weight is 518 g/mol. The minimum atomic E-state index is -0.653. The van der Waals surface area contributed by atoms with E-state index in [9.17, 15) is 9.59 Å². The summed E-state index contributed by atoms with van der Waals surface area (Å²) >= 11 is 7.46. The number of amides is 1. The largest absolute Gasteiger partial charge is 0.322 e. The Hall–Kier alpha value is -3.75. The fourth-order valence-corrected chi connectivity index (χ4v) is 5.44. The lowest BCUT2D eigenvalue weighted by atomic mass is 9.95. The highest BCUT2D eigenvalue weighted by atomic mass is 35.5. The van der Waals surface area contributed by atoms with Crippen molar-refractivity contribution in [1.82, 2.24) is 14.3 Å². The van der Waals surface area contributed by atoms with Gasteiger partial charge in [-0.25, -0.2) is 4.99 Å². The van der Waals surface area contributed by atoms with Gasteiger partial charge in [0.25, 0.3) is 11.5 Å². The molecule has 4 aromatic rings. The number of aryl methyl sites for hydroxylation is 2. The number of halogens is 1. The Kier molecular flexibility index (Phi) is 6.24. The molecule has 0 spiro atoms. The molecule has 182 valence electrons. The van der Waals surface area contributed by atoms with Gasteiger partial charge in [0, 0.05) is 29.0 Å². The number of hydrogen-bond acceptors (Lipinski definition) is 5. The summed E-state index contributed by atoms with van der Waals surface area (Å²) in [5.74, 6) is -0.303. The molecule has 0 bridgehead atoms. The number of thiazole rings is 1. The van der Waals surface area contributed by atoms with Crippen molar-refractivity contribution in [3.05, 3.63) is 113 Å². The van der Waals surface area contributed by atoms with E-state index in [0.29, 0.717) is 31.3 Å². The van der Waals surface area contributed by atoms with E-state index in [1.165, 1.54) is 11.3 Å². The molecule has 0 saturated carbocycles. The van der Waals surface area contributed by atoms with Crippen LogP contribution >= 0.6 is 22.9 Å². The Morgan fingerprint density at radius 1 is 1.11 bits per heavy atom. The Morgan fingerprint density at radius 2 is 1.83 bits per heavy atom. The minimum absolute atomic E-state index is 0.212. The first-order valence-corrected chi connectivity index (χ1v) is 12.6. The predicted octanol–water partition coefficient (Wildman–Crippen LogP) is 3.88. The maximum atomic E-state index is 13.7. The second-order valence-electron chi connectivity index (χ2n) is 8.71. The number of carbonyl (C=O) groups excluding carboxylic acids is 1. The number of rotatable bonds is 4. The predicted molar refractivity (Wildman–Crippen MR) is 143 cm³/mol. The summed E-state index contributed by atoms with van der Waals surface area (Å²) in [6, 6.07) is 14.1. The van der Waals surface area contributed by atoms with E-state index in [4.69, 9.17) is 11.6 Å². The summed E-state index contributed by atoms with van der Waals surface area (Å²) < 4.78 is 3.89. The van der Waals surface area contributed by atoms with Crippen molar-refractivity contribution in [3.8, 4) is 0 Å². The van der Waals surface area contributed by atoms with Crippen molar-refractivity contribution in [2.75, 3.05) is 5.32 Å². The highest BCUT2D eigenvalue weighted by molar-refractivity contribution is 7.07. The van der Waals surface area contributed by atoms with E-state index in [1.54, 1.807) is 34.5 Å². The smallest absolute Gasteiger partial charge is 0.271 e. The lowest BCUT2D eigenvalue weighted by Gasteiger charge is -2.25. The van der Waals surface area contributed by atoms with Crippen LogP contribution in [0.1, 0.15) is 35.3 Å². The number of nitrogens with zero attached hydrogens (tertiary/aromatic N) is 4. The first-order valence-electron chi connectivity index (χ1n) is 11.4. The molecular weight excluding hydrogens is 494 g/mol. The minimum Gasteiger partial charge on any atom is -0.322 e. The Morgan fingerprint density at radius 3 is 2.50 bits per heavy atom. The number of aromatic nitrogens is 3. The number of nitrogens with one attached hydrogen (secondary N) is 1. The molecule has 0 radical (unpaired) electrons. The molecule has 2 aromatic heterocycles. The zero-order valence-electron chi connectivity index (χ0n) is 20.2. The fraction of sp³-hybridized carbons (Fsp3) is 0.185. The van der Waals surface area contributed by atoms with Gasteiger partial charge in [-0.1, -0.05) is 53.3 Å². The number of para-hydroxylation sites is 1. The first kappa shape index (κ1) is 24.0. The van der Waals surface area contributed by atoms with Crippen molar-refractivity contribution in [2.45, 2.75) is 26.8 Å². The van der Waals surface area contributed by atoms with Gasteiger partial charge in [-0.2, -0.15) is 5.10 Å². The zero-order valence-corrected chi connectivity index (χ0v) is 21.8. The van der Waals surface area contributed by atoms with Gasteiger partial charge in [-0.05, 0) is 56.2 Å². The highest BCUT2D eigenvalue weighted by Gasteiger charge is 2.32. The summed E-state index contributed by atoms with van der Waals surface area (Å²) in [4.78, 5) is 32.6. The van der Waals surface area contributed by atoms with E-state index >= 15 is 0 Å². The van der Waals surface area contributed by atoms with Gasteiger partial charge >= 0.3 is 0 Å². The Balaban J connectivity index is 1.69. The SMILES string of the molecule is CC1=C(C(=O)Nc2ccccc2C)[C@@H](c2ccc(Cl)cc2)n2c(sc(=Cc3cnn(C)c3C)c2=O)=N1. The van der Waals surface area contributed by atoms with E-state index in [1.807, 2.05) is 63.4 Å². The van der Waals surface area contributed by atoms with Crippen molar-refractivity contribution < 1.29 is 4.79 Å². The van der Waals surface area contributed by atoms with Crippen LogP contribution in [-0.2, 0) is 11.8 Å². The van der Waals surface area contributed by atoms with Crippen LogP contribution in [0.2, 0.25) is 5.02 Å². The molecule has 3 heterocycles. The van der Waals surface area contributed by atoms with Crippen LogP contribution in [0.5, 0.6) is 0 Å². The van der Waals surface area contributed by atoms with Gasteiger partial charge in [-0.15, -0.1) is 0 Å². The zero-order chi connectivity index (χ0) is 25.6. The van der Waals surface area contributed by atoms with Gasteiger partial charge in [0.1, 0.15) is 0 Å². The van der Waals surface area contributed by atoms with Crippen LogP contribution in [-0.4, -0.2) is 20.3 Å². The van der Waals surface area contributed by atoms with Crippen LogP contribution in [0, 0.1) is 13.8 Å². The molecular formula is C27H24ClN5O2S. The molecule has 0 unspecified atom stereocenters. The Labute approximate surface area is 216 Å². The number of anilines is 1. The van der Waals surface area contributed by atoms with Gasteiger partial charge in [0.2, 0.25) is 0 Å². The molecule has 9 heteroatoms. The second-order valence-corrected chi connectivity index (χ2v) is 10.2. The topological polar surface area (TPSA) is 81.3 Å². The lowest BCUT2D eigenvalue weighted by Crippen LogP contribution is -2.40. The van der Waals surface area contributed by atoms with Gasteiger partial charge in [0.15, 0.2) is 4.80 Å².